The van der Waals surface area contributed by atoms with Crippen LogP contribution < -0.4 is 10.6 Å². The van der Waals surface area contributed by atoms with E-state index in [1.165, 1.54) is 0 Å². The van der Waals surface area contributed by atoms with Crippen molar-refractivity contribution in [2.75, 3.05) is 23.8 Å². The van der Waals surface area contributed by atoms with Crippen molar-refractivity contribution in [1.29, 1.82) is 0 Å². The summed E-state index contributed by atoms with van der Waals surface area (Å²) in [6, 6.07) is 1.93. The van der Waals surface area contributed by atoms with Crippen LogP contribution in [0.1, 0.15) is 60.2 Å². The fourth-order valence-electron chi connectivity index (χ4n) is 2.00. The Hall–Kier alpha value is -1.36. The highest BCUT2D eigenvalue weighted by molar-refractivity contribution is 5.49. The summed E-state index contributed by atoms with van der Waals surface area (Å²) in [6.07, 6.45) is 1.61. The first-order chi connectivity index (χ1) is 9.74. The van der Waals surface area contributed by atoms with Crippen LogP contribution in [-0.4, -0.2) is 33.8 Å². The molecule has 120 valence electrons. The van der Waals surface area contributed by atoms with Gasteiger partial charge in [-0.1, -0.05) is 27.7 Å². The molecule has 0 saturated heterocycles. The average Bonchev–Trinajstić information content (AvgIpc) is 2.38. The van der Waals surface area contributed by atoms with E-state index in [2.05, 4.69) is 55.2 Å². The number of aliphatic hydroxyl groups is 1. The van der Waals surface area contributed by atoms with E-state index in [1.807, 2.05) is 13.0 Å². The second-order valence-electron chi connectivity index (χ2n) is 6.76. The number of nitrogens with zero attached hydrogens (tertiary/aromatic N) is 2. The molecule has 0 bridgehead atoms. The molecule has 0 spiro atoms. The van der Waals surface area contributed by atoms with Crippen LogP contribution in [0.3, 0.4) is 0 Å². The smallest absolute Gasteiger partial charge is 0.138 e. The van der Waals surface area contributed by atoms with Gasteiger partial charge in [0.1, 0.15) is 17.5 Å². The molecule has 0 aliphatic heterocycles. The Morgan fingerprint density at radius 1 is 1.10 bits per heavy atom. The lowest BCUT2D eigenvalue weighted by molar-refractivity contribution is 0.251. The third kappa shape index (κ3) is 5.16. The highest BCUT2D eigenvalue weighted by Gasteiger charge is 2.24. The van der Waals surface area contributed by atoms with Gasteiger partial charge in [-0.2, -0.15) is 0 Å². The lowest BCUT2D eigenvalue weighted by atomic mass is 9.94. The first kappa shape index (κ1) is 17.7. The zero-order valence-corrected chi connectivity index (χ0v) is 14.2. The molecule has 0 aromatic carbocycles. The molecular formula is C16H30N4O. The third-order valence-electron chi connectivity index (χ3n) is 3.63. The van der Waals surface area contributed by atoms with Gasteiger partial charge in [-0.15, -0.1) is 0 Å². The van der Waals surface area contributed by atoms with E-state index in [4.69, 9.17) is 0 Å². The highest BCUT2D eigenvalue weighted by atomic mass is 16.3. The topological polar surface area (TPSA) is 70.1 Å². The number of aromatic nitrogens is 2. The zero-order chi connectivity index (χ0) is 16.1. The van der Waals surface area contributed by atoms with Crippen molar-refractivity contribution in [3.63, 3.8) is 0 Å². The minimum absolute atomic E-state index is 0.110. The molecule has 5 nitrogen and oxygen atoms in total. The number of hydrogen-bond acceptors (Lipinski definition) is 5. The van der Waals surface area contributed by atoms with Gasteiger partial charge in [0.15, 0.2) is 0 Å². The Kier molecular flexibility index (Phi) is 5.96. The maximum Gasteiger partial charge on any atom is 0.138 e. The van der Waals surface area contributed by atoms with Gasteiger partial charge in [0.05, 0.1) is 0 Å². The van der Waals surface area contributed by atoms with E-state index in [9.17, 15) is 5.11 Å². The number of aliphatic hydroxyl groups excluding tert-OH is 1. The summed E-state index contributed by atoms with van der Waals surface area (Å²) < 4.78 is 0. The lowest BCUT2D eigenvalue weighted by Crippen LogP contribution is -2.35. The van der Waals surface area contributed by atoms with Crippen LogP contribution in [0.5, 0.6) is 0 Å². The molecule has 0 amide bonds. The van der Waals surface area contributed by atoms with Gasteiger partial charge in [-0.25, -0.2) is 9.97 Å². The molecule has 1 rings (SSSR count). The molecule has 0 radical (unpaired) electrons. The largest absolute Gasteiger partial charge is 0.396 e. The Morgan fingerprint density at radius 2 is 1.71 bits per heavy atom. The van der Waals surface area contributed by atoms with Crippen LogP contribution in [-0.2, 0) is 5.41 Å². The minimum atomic E-state index is -0.165. The second-order valence-corrected chi connectivity index (χ2v) is 6.76. The summed E-state index contributed by atoms with van der Waals surface area (Å²) in [5, 5.41) is 16.0. The van der Waals surface area contributed by atoms with Crippen LogP contribution in [0.4, 0.5) is 11.6 Å². The van der Waals surface area contributed by atoms with E-state index < -0.39 is 0 Å². The van der Waals surface area contributed by atoms with Gasteiger partial charge < -0.3 is 15.7 Å². The van der Waals surface area contributed by atoms with Crippen molar-refractivity contribution in [2.24, 2.45) is 0 Å². The fourth-order valence-corrected chi connectivity index (χ4v) is 2.00. The van der Waals surface area contributed by atoms with Gasteiger partial charge in [0.25, 0.3) is 0 Å². The van der Waals surface area contributed by atoms with Crippen molar-refractivity contribution in [3.05, 3.63) is 11.9 Å². The van der Waals surface area contributed by atoms with Crippen LogP contribution >= 0.6 is 0 Å². The van der Waals surface area contributed by atoms with Crippen LogP contribution in [0.2, 0.25) is 0 Å². The summed E-state index contributed by atoms with van der Waals surface area (Å²) in [5.41, 5.74) is -0.275. The Morgan fingerprint density at radius 3 is 2.19 bits per heavy atom. The van der Waals surface area contributed by atoms with E-state index in [1.54, 1.807) is 0 Å². The van der Waals surface area contributed by atoms with Crippen LogP contribution in [0.25, 0.3) is 0 Å². The summed E-state index contributed by atoms with van der Waals surface area (Å²) in [5.74, 6) is 2.46. The summed E-state index contributed by atoms with van der Waals surface area (Å²) in [4.78, 5) is 9.24. The number of rotatable bonds is 7. The fraction of sp³-hybridized carbons (Fsp3) is 0.750. The monoisotopic (exact) mass is 294 g/mol. The van der Waals surface area contributed by atoms with Gasteiger partial charge in [0.2, 0.25) is 0 Å². The van der Waals surface area contributed by atoms with Crippen LogP contribution in [0, 0.1) is 0 Å². The maximum absolute atomic E-state index is 9.25. The summed E-state index contributed by atoms with van der Waals surface area (Å²) in [7, 11) is 0. The molecule has 0 aliphatic carbocycles. The van der Waals surface area contributed by atoms with E-state index in [0.717, 1.165) is 30.4 Å². The quantitative estimate of drug-likeness (QED) is 0.720. The molecule has 0 aliphatic rings. The Labute approximate surface area is 128 Å². The predicted molar refractivity (Wildman–Crippen MR) is 88.9 cm³/mol. The Bertz CT molecular complexity index is 456. The first-order valence-electron chi connectivity index (χ1n) is 7.76. The molecule has 1 unspecified atom stereocenters. The second kappa shape index (κ2) is 7.07. The average molecular weight is 294 g/mol. The lowest BCUT2D eigenvalue weighted by Gasteiger charge is -2.30. The van der Waals surface area contributed by atoms with E-state index in [-0.39, 0.29) is 17.6 Å². The molecule has 5 heteroatoms. The van der Waals surface area contributed by atoms with E-state index in [0.29, 0.717) is 6.42 Å². The van der Waals surface area contributed by atoms with Crippen LogP contribution in [0.15, 0.2) is 6.07 Å². The summed E-state index contributed by atoms with van der Waals surface area (Å²) in [6.45, 7) is 13.6. The van der Waals surface area contributed by atoms with Gasteiger partial charge in [-0.05, 0) is 26.7 Å². The molecule has 1 atom stereocenters. The predicted octanol–water partition coefficient (Wildman–Crippen LogP) is 3.17. The third-order valence-corrected chi connectivity index (χ3v) is 3.63. The van der Waals surface area contributed by atoms with Crippen molar-refractivity contribution in [3.8, 4) is 0 Å². The molecule has 0 saturated carbocycles. The normalized spacial score (nSPS) is 14.6. The summed E-state index contributed by atoms with van der Waals surface area (Å²) >= 11 is 0. The Balaban J connectivity index is 3.13. The first-order valence-corrected chi connectivity index (χ1v) is 7.76. The number of anilines is 2. The zero-order valence-electron chi connectivity index (χ0n) is 14.2. The SMILES string of the molecule is CCNc1cc(NC(C)(CC)CCO)nc(C(C)(C)C)n1. The van der Waals surface area contributed by atoms with Gasteiger partial charge >= 0.3 is 0 Å². The molecule has 1 heterocycles. The van der Waals surface area contributed by atoms with Gasteiger partial charge in [0, 0.05) is 30.2 Å². The molecular weight excluding hydrogens is 264 g/mol. The maximum atomic E-state index is 9.25. The number of nitrogens with one attached hydrogen (secondary N) is 2. The van der Waals surface area contributed by atoms with Gasteiger partial charge in [-0.3, -0.25) is 0 Å². The standard InChI is InChI=1S/C16H30N4O/c1-7-16(6,9-10-21)20-13-11-12(17-8-2)18-14(19-13)15(3,4)5/h11,21H,7-10H2,1-6H3,(H2,17,18,19,20). The molecule has 3 N–H and O–H groups in total. The molecule has 21 heavy (non-hydrogen) atoms. The van der Waals surface area contributed by atoms with Crippen molar-refractivity contribution < 1.29 is 5.11 Å². The number of hydrogen-bond donors (Lipinski definition) is 3. The van der Waals surface area contributed by atoms with Crippen molar-refractivity contribution in [2.45, 2.75) is 65.3 Å². The van der Waals surface area contributed by atoms with Crippen molar-refractivity contribution >= 4 is 11.6 Å². The minimum Gasteiger partial charge on any atom is -0.396 e. The highest BCUT2D eigenvalue weighted by Crippen LogP contribution is 2.26. The van der Waals surface area contributed by atoms with E-state index >= 15 is 0 Å². The van der Waals surface area contributed by atoms with Crippen molar-refractivity contribution in [1.82, 2.24) is 9.97 Å². The molecule has 1 aromatic heterocycles. The molecule has 1 aromatic rings. The molecule has 0 fully saturated rings.